The molecule has 0 radical (unpaired) electrons. The predicted octanol–water partition coefficient (Wildman–Crippen LogP) is 6.42. The van der Waals surface area contributed by atoms with Crippen molar-refractivity contribution < 1.29 is 27.5 Å². The molecule has 9 nitrogen and oxygen atoms in total. The van der Waals surface area contributed by atoms with Gasteiger partial charge in [-0.25, -0.2) is 8.42 Å². The summed E-state index contributed by atoms with van der Waals surface area (Å²) in [5.41, 5.74) is 1.88. The van der Waals surface area contributed by atoms with E-state index in [2.05, 4.69) is 5.32 Å². The van der Waals surface area contributed by atoms with Gasteiger partial charge in [-0.1, -0.05) is 77.8 Å². The van der Waals surface area contributed by atoms with Crippen LogP contribution in [0.1, 0.15) is 37.5 Å². The van der Waals surface area contributed by atoms with Crippen molar-refractivity contribution in [2.75, 3.05) is 25.1 Å². The second-order valence-corrected chi connectivity index (χ2v) is 14.7. The van der Waals surface area contributed by atoms with Crippen LogP contribution < -0.4 is 19.1 Å². The highest BCUT2D eigenvalue weighted by molar-refractivity contribution is 7.92. The minimum Gasteiger partial charge on any atom is -0.493 e. The highest BCUT2D eigenvalue weighted by atomic mass is 35.5. The van der Waals surface area contributed by atoms with Crippen LogP contribution in [0.5, 0.6) is 11.5 Å². The zero-order valence-corrected chi connectivity index (χ0v) is 29.6. The Morgan fingerprint density at radius 3 is 2.08 bits per heavy atom. The SMILES string of the molecule is COc1ccc(N(CC(=O)N(Cc2ccccc2Cl)[C@H](Cc2ccccc2)C(=O)NC(C)(C)C)S(=O)(=O)c2ccc(C)cc2)cc1OC. The number of anilines is 1. The molecule has 0 aromatic heterocycles. The molecule has 4 rings (SSSR count). The molecule has 48 heavy (non-hydrogen) atoms. The lowest BCUT2D eigenvalue weighted by Crippen LogP contribution is -2.56. The average Bonchev–Trinajstić information content (AvgIpc) is 3.05. The van der Waals surface area contributed by atoms with Crippen molar-refractivity contribution in [2.24, 2.45) is 0 Å². The number of carbonyl (C=O) groups is 2. The zero-order chi connectivity index (χ0) is 35.1. The van der Waals surface area contributed by atoms with Crippen molar-refractivity contribution in [3.05, 3.63) is 119 Å². The molecule has 254 valence electrons. The van der Waals surface area contributed by atoms with E-state index in [9.17, 15) is 18.0 Å². The number of nitrogens with one attached hydrogen (secondary N) is 1. The molecule has 0 aliphatic carbocycles. The maximum atomic E-state index is 14.7. The predicted molar refractivity (Wildman–Crippen MR) is 189 cm³/mol. The summed E-state index contributed by atoms with van der Waals surface area (Å²) in [6, 6.07) is 26.4. The third kappa shape index (κ3) is 9.08. The molecule has 0 heterocycles. The van der Waals surface area contributed by atoms with Crippen molar-refractivity contribution >= 4 is 39.1 Å². The van der Waals surface area contributed by atoms with Crippen molar-refractivity contribution in [1.29, 1.82) is 0 Å². The van der Waals surface area contributed by atoms with Crippen molar-refractivity contribution in [2.45, 2.75) is 57.1 Å². The summed E-state index contributed by atoms with van der Waals surface area (Å²) in [4.78, 5) is 30.1. The number of amides is 2. The van der Waals surface area contributed by atoms with Crippen LogP contribution in [0.4, 0.5) is 5.69 Å². The third-order valence-electron chi connectivity index (χ3n) is 7.61. The number of aryl methyl sites for hydroxylation is 1. The van der Waals surface area contributed by atoms with Gasteiger partial charge in [-0.2, -0.15) is 0 Å². The van der Waals surface area contributed by atoms with E-state index in [4.69, 9.17) is 21.1 Å². The first kappa shape index (κ1) is 36.3. The van der Waals surface area contributed by atoms with Gasteiger partial charge in [0.25, 0.3) is 10.0 Å². The summed E-state index contributed by atoms with van der Waals surface area (Å²) in [6.07, 6.45) is 0.181. The van der Waals surface area contributed by atoms with Gasteiger partial charge in [0.15, 0.2) is 11.5 Å². The van der Waals surface area contributed by atoms with E-state index in [1.54, 1.807) is 48.5 Å². The molecule has 0 aliphatic rings. The number of nitrogens with zero attached hydrogens (tertiary/aromatic N) is 2. The number of carbonyl (C=O) groups excluding carboxylic acids is 2. The Morgan fingerprint density at radius 2 is 1.48 bits per heavy atom. The second-order valence-electron chi connectivity index (χ2n) is 12.4. The molecular formula is C37H42ClN3O6S. The first-order chi connectivity index (χ1) is 22.7. The molecule has 1 atom stereocenters. The normalized spacial score (nSPS) is 12.1. The Hall–Kier alpha value is -4.54. The van der Waals surface area contributed by atoms with Gasteiger partial charge < -0.3 is 19.7 Å². The maximum Gasteiger partial charge on any atom is 0.264 e. The maximum absolute atomic E-state index is 14.7. The monoisotopic (exact) mass is 691 g/mol. The summed E-state index contributed by atoms with van der Waals surface area (Å²) in [7, 11) is -1.38. The number of sulfonamides is 1. The zero-order valence-electron chi connectivity index (χ0n) is 28.1. The minimum absolute atomic E-state index is 0.000324. The fraction of sp³-hybridized carbons (Fsp3) is 0.297. The van der Waals surface area contributed by atoms with E-state index in [1.807, 2.05) is 58.0 Å². The Kier molecular flexibility index (Phi) is 11.8. The lowest BCUT2D eigenvalue weighted by molar-refractivity contribution is -0.140. The second kappa shape index (κ2) is 15.6. The molecule has 0 spiro atoms. The Bertz CT molecular complexity index is 1830. The number of halogens is 1. The molecule has 0 fully saturated rings. The molecule has 11 heteroatoms. The largest absolute Gasteiger partial charge is 0.493 e. The first-order valence-electron chi connectivity index (χ1n) is 15.4. The molecule has 1 N–H and O–H groups in total. The minimum atomic E-state index is -4.30. The van der Waals surface area contributed by atoms with Gasteiger partial charge >= 0.3 is 0 Å². The molecule has 0 saturated heterocycles. The number of benzene rings is 4. The fourth-order valence-corrected chi connectivity index (χ4v) is 6.76. The standard InChI is InChI=1S/C37H42ClN3O6S/c1-26-16-19-30(20-17-26)48(44,45)41(29-18-21-33(46-5)34(23-29)47-6)25-35(42)40(24-28-14-10-11-15-31(28)38)32(36(43)39-37(2,3)4)22-27-12-8-7-9-13-27/h7-21,23,32H,22,24-25H2,1-6H3,(H,39,43)/t32-/m1/s1. The van der Waals surface area contributed by atoms with Crippen LogP contribution in [0.3, 0.4) is 0 Å². The molecule has 0 unspecified atom stereocenters. The Balaban J connectivity index is 1.87. The van der Waals surface area contributed by atoms with Gasteiger partial charge in [-0.3, -0.25) is 13.9 Å². The molecule has 4 aromatic rings. The molecule has 2 amide bonds. The molecule has 0 aliphatic heterocycles. The van der Waals surface area contributed by atoms with Crippen LogP contribution in [-0.2, 0) is 32.6 Å². The van der Waals surface area contributed by atoms with Gasteiger partial charge in [0.05, 0.1) is 24.8 Å². The number of hydrogen-bond acceptors (Lipinski definition) is 6. The average molecular weight is 692 g/mol. The molecule has 0 saturated carbocycles. The van der Waals surface area contributed by atoms with Gasteiger partial charge in [0.1, 0.15) is 12.6 Å². The Labute approximate surface area is 288 Å². The van der Waals surface area contributed by atoms with E-state index in [1.165, 1.54) is 37.3 Å². The van der Waals surface area contributed by atoms with Crippen LogP contribution in [0.2, 0.25) is 5.02 Å². The lowest BCUT2D eigenvalue weighted by atomic mass is 10.0. The van der Waals surface area contributed by atoms with Crippen molar-refractivity contribution in [3.8, 4) is 11.5 Å². The summed E-state index contributed by atoms with van der Waals surface area (Å²) in [5, 5.41) is 3.43. The van der Waals surface area contributed by atoms with Crippen LogP contribution in [-0.4, -0.2) is 57.5 Å². The van der Waals surface area contributed by atoms with Gasteiger partial charge in [0.2, 0.25) is 11.8 Å². The van der Waals surface area contributed by atoms with Crippen LogP contribution >= 0.6 is 11.6 Å². The van der Waals surface area contributed by atoms with Crippen LogP contribution in [0.15, 0.2) is 102 Å². The van der Waals surface area contributed by atoms with E-state index in [-0.39, 0.29) is 35.2 Å². The molecular weight excluding hydrogens is 650 g/mol. The quantitative estimate of drug-likeness (QED) is 0.174. The smallest absolute Gasteiger partial charge is 0.264 e. The van der Waals surface area contributed by atoms with Crippen molar-refractivity contribution in [1.82, 2.24) is 10.2 Å². The van der Waals surface area contributed by atoms with Gasteiger partial charge in [0, 0.05) is 29.6 Å². The van der Waals surface area contributed by atoms with E-state index in [0.29, 0.717) is 16.3 Å². The number of rotatable bonds is 13. The summed E-state index contributed by atoms with van der Waals surface area (Å²) >= 11 is 6.58. The number of methoxy groups -OCH3 is 2. The number of ether oxygens (including phenoxy) is 2. The van der Waals surface area contributed by atoms with E-state index < -0.39 is 34.1 Å². The van der Waals surface area contributed by atoms with Gasteiger partial charge in [-0.15, -0.1) is 0 Å². The van der Waals surface area contributed by atoms with E-state index in [0.717, 1.165) is 15.4 Å². The topological polar surface area (TPSA) is 105 Å². The Morgan fingerprint density at radius 1 is 0.854 bits per heavy atom. The van der Waals surface area contributed by atoms with Crippen molar-refractivity contribution in [3.63, 3.8) is 0 Å². The lowest BCUT2D eigenvalue weighted by Gasteiger charge is -2.35. The number of hydrogen-bond donors (Lipinski definition) is 1. The highest BCUT2D eigenvalue weighted by Crippen LogP contribution is 2.34. The van der Waals surface area contributed by atoms with Crippen LogP contribution in [0.25, 0.3) is 0 Å². The summed E-state index contributed by atoms with van der Waals surface area (Å²) in [6.45, 7) is 6.77. The molecule has 0 bridgehead atoms. The highest BCUT2D eigenvalue weighted by Gasteiger charge is 2.36. The van der Waals surface area contributed by atoms with Gasteiger partial charge in [-0.05, 0) is 69.2 Å². The third-order valence-corrected chi connectivity index (χ3v) is 9.77. The summed E-state index contributed by atoms with van der Waals surface area (Å²) in [5.74, 6) is -0.315. The van der Waals surface area contributed by atoms with E-state index >= 15 is 0 Å². The van der Waals surface area contributed by atoms with Crippen LogP contribution in [0, 0.1) is 6.92 Å². The first-order valence-corrected chi connectivity index (χ1v) is 17.3. The summed E-state index contributed by atoms with van der Waals surface area (Å²) < 4.78 is 40.6. The molecule has 4 aromatic carbocycles. The fourth-order valence-electron chi connectivity index (χ4n) is 5.16.